The smallest absolute Gasteiger partial charge is 0.226 e. The zero-order valence-corrected chi connectivity index (χ0v) is 12.4. The highest BCUT2D eigenvalue weighted by atomic mass is 16.2. The van der Waals surface area contributed by atoms with E-state index < -0.39 is 0 Å². The standard InChI is InChI=1S/C14H25N3O2/c1-10-8-17(9-12(10)15(2)3)14(19)11-5-6-16(4)13(18)7-11/h10-12H,5-9H2,1-4H3. The summed E-state index contributed by atoms with van der Waals surface area (Å²) in [4.78, 5) is 30.1. The Hall–Kier alpha value is -1.10. The highest BCUT2D eigenvalue weighted by Gasteiger charge is 2.38. The largest absolute Gasteiger partial charge is 0.346 e. The molecule has 0 radical (unpaired) electrons. The Bertz CT molecular complexity index is 370. The molecule has 3 atom stereocenters. The lowest BCUT2D eigenvalue weighted by molar-refractivity contribution is -0.143. The number of likely N-dealkylation sites (tertiary alicyclic amines) is 2. The normalized spacial score (nSPS) is 32.3. The van der Waals surface area contributed by atoms with Gasteiger partial charge in [0.1, 0.15) is 0 Å². The number of piperidine rings is 1. The zero-order chi connectivity index (χ0) is 14.2. The minimum Gasteiger partial charge on any atom is -0.346 e. The molecule has 2 saturated heterocycles. The maximum Gasteiger partial charge on any atom is 0.226 e. The van der Waals surface area contributed by atoms with Gasteiger partial charge < -0.3 is 14.7 Å². The van der Waals surface area contributed by atoms with E-state index in [-0.39, 0.29) is 17.7 Å². The third kappa shape index (κ3) is 2.91. The lowest BCUT2D eigenvalue weighted by Gasteiger charge is -2.30. The van der Waals surface area contributed by atoms with Gasteiger partial charge in [0.15, 0.2) is 0 Å². The molecule has 19 heavy (non-hydrogen) atoms. The van der Waals surface area contributed by atoms with E-state index in [0.717, 1.165) is 19.5 Å². The monoisotopic (exact) mass is 267 g/mol. The Morgan fingerprint density at radius 3 is 2.53 bits per heavy atom. The molecule has 2 heterocycles. The van der Waals surface area contributed by atoms with Crippen molar-refractivity contribution in [1.82, 2.24) is 14.7 Å². The number of carbonyl (C=O) groups is 2. The van der Waals surface area contributed by atoms with E-state index in [1.165, 1.54) is 0 Å². The maximum absolute atomic E-state index is 12.5. The first-order valence-electron chi connectivity index (χ1n) is 7.09. The number of nitrogens with zero attached hydrogens (tertiary/aromatic N) is 3. The van der Waals surface area contributed by atoms with Gasteiger partial charge in [-0.3, -0.25) is 9.59 Å². The molecule has 2 fully saturated rings. The molecule has 5 heteroatoms. The summed E-state index contributed by atoms with van der Waals surface area (Å²) in [6.45, 7) is 4.52. The van der Waals surface area contributed by atoms with Gasteiger partial charge in [0.2, 0.25) is 11.8 Å². The Morgan fingerprint density at radius 1 is 1.32 bits per heavy atom. The number of rotatable bonds is 2. The van der Waals surface area contributed by atoms with Crippen molar-refractivity contribution in [2.24, 2.45) is 11.8 Å². The molecule has 0 aliphatic carbocycles. The summed E-state index contributed by atoms with van der Waals surface area (Å²) in [7, 11) is 5.94. The van der Waals surface area contributed by atoms with Gasteiger partial charge in [-0.2, -0.15) is 0 Å². The third-order valence-electron chi connectivity index (χ3n) is 4.56. The second-order valence-electron chi connectivity index (χ2n) is 6.26. The molecule has 108 valence electrons. The third-order valence-corrected chi connectivity index (χ3v) is 4.56. The number of amides is 2. The first kappa shape index (κ1) is 14.3. The molecule has 0 bridgehead atoms. The summed E-state index contributed by atoms with van der Waals surface area (Å²) in [5.74, 6) is 0.677. The first-order valence-corrected chi connectivity index (χ1v) is 7.09. The zero-order valence-electron chi connectivity index (χ0n) is 12.4. The molecule has 2 amide bonds. The van der Waals surface area contributed by atoms with Crippen molar-refractivity contribution in [3.05, 3.63) is 0 Å². The van der Waals surface area contributed by atoms with Crippen LogP contribution in [-0.2, 0) is 9.59 Å². The average Bonchev–Trinajstić information content (AvgIpc) is 2.74. The second kappa shape index (κ2) is 5.49. The molecule has 0 aromatic carbocycles. The van der Waals surface area contributed by atoms with Gasteiger partial charge >= 0.3 is 0 Å². The van der Waals surface area contributed by atoms with E-state index in [4.69, 9.17) is 0 Å². The molecular weight excluding hydrogens is 242 g/mol. The summed E-state index contributed by atoms with van der Waals surface area (Å²) in [6, 6.07) is 0.436. The Morgan fingerprint density at radius 2 is 2.00 bits per heavy atom. The summed E-state index contributed by atoms with van der Waals surface area (Å²) >= 11 is 0. The quantitative estimate of drug-likeness (QED) is 0.721. The first-order chi connectivity index (χ1) is 8.90. The summed E-state index contributed by atoms with van der Waals surface area (Å²) in [5, 5.41) is 0. The SMILES string of the molecule is CC1CN(C(=O)C2CCN(C)C(=O)C2)CC1N(C)C. The van der Waals surface area contributed by atoms with E-state index >= 15 is 0 Å². The molecule has 0 N–H and O–H groups in total. The van der Waals surface area contributed by atoms with E-state index in [1.807, 2.05) is 11.9 Å². The van der Waals surface area contributed by atoms with Crippen LogP contribution in [0, 0.1) is 11.8 Å². The minimum atomic E-state index is -0.100. The predicted octanol–water partition coefficient (Wildman–Crippen LogP) is 0.263. The number of hydrogen-bond donors (Lipinski definition) is 0. The summed E-state index contributed by atoms with van der Waals surface area (Å²) in [6.07, 6.45) is 1.19. The van der Waals surface area contributed by atoms with Gasteiger partial charge in [0, 0.05) is 45.1 Å². The van der Waals surface area contributed by atoms with Crippen molar-refractivity contribution in [2.75, 3.05) is 40.8 Å². The highest BCUT2D eigenvalue weighted by molar-refractivity contribution is 5.87. The predicted molar refractivity (Wildman–Crippen MR) is 73.6 cm³/mol. The van der Waals surface area contributed by atoms with Crippen LogP contribution in [0.25, 0.3) is 0 Å². The Labute approximate surface area is 115 Å². The lowest BCUT2D eigenvalue weighted by Crippen LogP contribution is -2.44. The van der Waals surface area contributed by atoms with Crippen LogP contribution in [0.2, 0.25) is 0 Å². The molecule has 2 aliphatic heterocycles. The van der Waals surface area contributed by atoms with Gasteiger partial charge in [0.05, 0.1) is 0 Å². The van der Waals surface area contributed by atoms with Crippen LogP contribution in [-0.4, -0.2) is 73.3 Å². The Kier molecular flexibility index (Phi) is 4.13. The van der Waals surface area contributed by atoms with Crippen LogP contribution in [0.4, 0.5) is 0 Å². The fourth-order valence-electron chi connectivity index (χ4n) is 3.21. The van der Waals surface area contributed by atoms with Crippen molar-refractivity contribution in [3.8, 4) is 0 Å². The molecule has 5 nitrogen and oxygen atoms in total. The number of likely N-dealkylation sites (N-methyl/N-ethyl adjacent to an activating group) is 1. The van der Waals surface area contributed by atoms with Gasteiger partial charge in [0.25, 0.3) is 0 Å². The molecule has 2 aliphatic rings. The number of carbonyl (C=O) groups excluding carboxylic acids is 2. The summed E-state index contributed by atoms with van der Waals surface area (Å²) < 4.78 is 0. The second-order valence-corrected chi connectivity index (χ2v) is 6.26. The molecule has 0 aromatic heterocycles. The lowest BCUT2D eigenvalue weighted by atomic mass is 9.95. The average molecular weight is 267 g/mol. The molecular formula is C14H25N3O2. The van der Waals surface area contributed by atoms with Crippen molar-refractivity contribution >= 4 is 11.8 Å². The maximum atomic E-state index is 12.5. The molecule has 0 spiro atoms. The van der Waals surface area contributed by atoms with Crippen LogP contribution < -0.4 is 0 Å². The van der Waals surface area contributed by atoms with Gasteiger partial charge in [-0.1, -0.05) is 6.92 Å². The highest BCUT2D eigenvalue weighted by Crippen LogP contribution is 2.25. The molecule has 0 saturated carbocycles. The van der Waals surface area contributed by atoms with E-state index in [2.05, 4.69) is 25.9 Å². The van der Waals surface area contributed by atoms with Gasteiger partial charge in [-0.15, -0.1) is 0 Å². The van der Waals surface area contributed by atoms with E-state index in [1.54, 1.807) is 4.90 Å². The van der Waals surface area contributed by atoms with Crippen LogP contribution in [0.1, 0.15) is 19.8 Å². The fourth-order valence-corrected chi connectivity index (χ4v) is 3.21. The minimum absolute atomic E-state index is 0.0982. The summed E-state index contributed by atoms with van der Waals surface area (Å²) in [5.41, 5.74) is 0. The molecule has 0 aromatic rings. The topological polar surface area (TPSA) is 43.9 Å². The van der Waals surface area contributed by atoms with Crippen LogP contribution in [0.15, 0.2) is 0 Å². The molecule has 3 unspecified atom stereocenters. The van der Waals surface area contributed by atoms with Crippen molar-refractivity contribution < 1.29 is 9.59 Å². The van der Waals surface area contributed by atoms with Gasteiger partial charge in [-0.25, -0.2) is 0 Å². The Balaban J connectivity index is 1.96. The fraction of sp³-hybridized carbons (Fsp3) is 0.857. The number of hydrogen-bond acceptors (Lipinski definition) is 3. The van der Waals surface area contributed by atoms with Crippen LogP contribution >= 0.6 is 0 Å². The molecule has 2 rings (SSSR count). The van der Waals surface area contributed by atoms with Gasteiger partial charge in [-0.05, 0) is 26.4 Å². The van der Waals surface area contributed by atoms with Crippen LogP contribution in [0.3, 0.4) is 0 Å². The van der Waals surface area contributed by atoms with E-state index in [9.17, 15) is 9.59 Å². The van der Waals surface area contributed by atoms with E-state index in [0.29, 0.717) is 24.9 Å². The van der Waals surface area contributed by atoms with Crippen LogP contribution in [0.5, 0.6) is 0 Å². The van der Waals surface area contributed by atoms with Crippen molar-refractivity contribution in [2.45, 2.75) is 25.8 Å². The van der Waals surface area contributed by atoms with Crippen molar-refractivity contribution in [3.63, 3.8) is 0 Å². The van der Waals surface area contributed by atoms with Crippen molar-refractivity contribution in [1.29, 1.82) is 0 Å².